The van der Waals surface area contributed by atoms with Gasteiger partial charge in [0.05, 0.1) is 90.5 Å². The van der Waals surface area contributed by atoms with Crippen molar-refractivity contribution in [2.75, 3.05) is 96.0 Å². The minimum Gasteiger partial charge on any atom is -0.379 e. The quantitative estimate of drug-likeness (QED) is 0.0161. The molecular formula is C59H70BrClN6O9. The van der Waals surface area contributed by atoms with Gasteiger partial charge in [-0.15, -0.1) is 0 Å². The number of amides is 3. The molecule has 0 saturated carbocycles. The van der Waals surface area contributed by atoms with Crippen molar-refractivity contribution in [1.29, 1.82) is 5.26 Å². The number of nitrogens with zero attached hydrogens (tertiary/aromatic N) is 3. The van der Waals surface area contributed by atoms with Crippen molar-refractivity contribution in [1.82, 2.24) is 15.6 Å². The normalized spacial score (nSPS) is 14.6. The monoisotopic (exact) mass is 1120 g/mol. The summed E-state index contributed by atoms with van der Waals surface area (Å²) in [5.74, 6) is -0.598. The van der Waals surface area contributed by atoms with Crippen LogP contribution in [0.2, 0.25) is 5.02 Å². The zero-order chi connectivity index (χ0) is 53.9. The van der Waals surface area contributed by atoms with Gasteiger partial charge in [-0.25, -0.2) is 4.98 Å². The first kappa shape index (κ1) is 59.2. The van der Waals surface area contributed by atoms with E-state index in [1.54, 1.807) is 25.1 Å². The molecule has 5 aromatic rings. The maximum atomic E-state index is 13.0. The van der Waals surface area contributed by atoms with Gasteiger partial charge in [-0.2, -0.15) is 5.26 Å². The molecule has 1 aliphatic heterocycles. The van der Waals surface area contributed by atoms with Gasteiger partial charge in [-0.05, 0) is 143 Å². The van der Waals surface area contributed by atoms with Crippen molar-refractivity contribution in [3.8, 4) is 17.2 Å². The number of halogens is 2. The van der Waals surface area contributed by atoms with E-state index in [-0.39, 0.29) is 35.5 Å². The van der Waals surface area contributed by atoms with Crippen LogP contribution < -0.4 is 20.9 Å². The van der Waals surface area contributed by atoms with E-state index in [1.807, 2.05) is 83.8 Å². The van der Waals surface area contributed by atoms with Crippen LogP contribution >= 0.6 is 27.5 Å². The van der Waals surface area contributed by atoms with Gasteiger partial charge in [0.1, 0.15) is 16.2 Å². The van der Waals surface area contributed by atoms with E-state index < -0.39 is 5.91 Å². The summed E-state index contributed by atoms with van der Waals surface area (Å²) in [7, 11) is 0. The Kier molecular flexibility index (Phi) is 25.4. The molecule has 3 amide bonds. The fraction of sp³-hybridized carbons (Fsp3) is 0.407. The van der Waals surface area contributed by atoms with E-state index in [0.717, 1.165) is 65.7 Å². The minimum atomic E-state index is -0.424. The molecule has 0 radical (unpaired) electrons. The van der Waals surface area contributed by atoms with Gasteiger partial charge in [0.2, 0.25) is 5.91 Å². The predicted molar refractivity (Wildman–Crippen MR) is 300 cm³/mol. The molecule has 15 nitrogen and oxygen atoms in total. The van der Waals surface area contributed by atoms with Crippen molar-refractivity contribution in [3.63, 3.8) is 0 Å². The van der Waals surface area contributed by atoms with Crippen LogP contribution in [0.15, 0.2) is 119 Å². The molecule has 404 valence electrons. The standard InChI is InChI=1S/C59H70BrClN6O9/c1-4-7-54(66-59(70)49(41-62)39-52-9-5-10-57(60)65-52)46-13-11-44(12-14-46)8-6-26-71-28-30-73-32-34-75-36-37-76-35-33-74-31-29-72-27-25-63-58(69)47-17-15-45(16-18-47)48-19-24-56-53(40-48)55(38-42(2)67(56)43(3)68)64-51-22-20-50(61)21-23-51/h5,9-24,39-40,42,54-55,64H,4,6-8,25-38H2,1-3H3,(H,63,69)(H,66,70)/b49-39+/t42-,54+,55+/m0/s1. The number of anilines is 2. The lowest BCUT2D eigenvalue weighted by atomic mass is 9.88. The van der Waals surface area contributed by atoms with E-state index in [4.69, 9.17) is 40.0 Å². The second-order valence-corrected chi connectivity index (χ2v) is 19.4. The van der Waals surface area contributed by atoms with Crippen LogP contribution in [0.3, 0.4) is 0 Å². The van der Waals surface area contributed by atoms with Gasteiger partial charge in [0.25, 0.3) is 11.8 Å². The summed E-state index contributed by atoms with van der Waals surface area (Å²) in [6.45, 7) is 11.6. The number of hydrogen-bond donors (Lipinski definition) is 3. The number of pyridine rings is 1. The Morgan fingerprint density at radius 3 is 1.99 bits per heavy atom. The third-order valence-electron chi connectivity index (χ3n) is 12.5. The molecule has 2 heterocycles. The molecule has 0 spiro atoms. The third-order valence-corrected chi connectivity index (χ3v) is 13.2. The van der Waals surface area contributed by atoms with Crippen LogP contribution in [0.1, 0.15) is 91.3 Å². The molecule has 0 aliphatic carbocycles. The summed E-state index contributed by atoms with van der Waals surface area (Å²) in [5, 5.41) is 19.9. The number of aromatic nitrogens is 1. The molecule has 1 aromatic heterocycles. The minimum absolute atomic E-state index is 0.00532. The van der Waals surface area contributed by atoms with Crippen molar-refractivity contribution in [2.45, 2.75) is 71.0 Å². The molecule has 0 bridgehead atoms. The fourth-order valence-corrected chi connectivity index (χ4v) is 9.19. The summed E-state index contributed by atoms with van der Waals surface area (Å²) in [4.78, 5) is 44.7. The van der Waals surface area contributed by atoms with Crippen molar-refractivity contribution in [2.24, 2.45) is 0 Å². The number of carbonyl (C=O) groups excluding carboxylic acids is 3. The summed E-state index contributed by atoms with van der Waals surface area (Å²) in [5.41, 5.74) is 8.10. The molecule has 6 rings (SSSR count). The largest absolute Gasteiger partial charge is 0.379 e. The van der Waals surface area contributed by atoms with Crippen molar-refractivity contribution < 1.29 is 42.8 Å². The van der Waals surface area contributed by atoms with E-state index in [2.05, 4.69) is 68.9 Å². The lowest BCUT2D eigenvalue weighted by molar-refractivity contribution is -0.118. The number of benzene rings is 4. The van der Waals surface area contributed by atoms with Gasteiger partial charge < -0.3 is 49.3 Å². The average Bonchev–Trinajstić information content (AvgIpc) is 3.43. The van der Waals surface area contributed by atoms with Crippen molar-refractivity contribution >= 4 is 62.7 Å². The molecule has 3 atom stereocenters. The molecular weight excluding hydrogens is 1050 g/mol. The molecule has 0 saturated heterocycles. The SMILES string of the molecule is CCC[C@@H](NC(=O)/C(C#N)=C/c1cccc(Br)n1)c1ccc(CCCOCCOCCOCCOCCOCCOCCNC(=O)c2ccc(-c3ccc4c(c3)[C@H](Nc3ccc(Cl)cc3)C[C@H](C)N4C(C)=O)cc2)cc1. The maximum absolute atomic E-state index is 13.0. The number of hydrogen-bond acceptors (Lipinski definition) is 12. The fourth-order valence-electron chi connectivity index (χ4n) is 8.70. The highest BCUT2D eigenvalue weighted by Gasteiger charge is 2.33. The predicted octanol–water partition coefficient (Wildman–Crippen LogP) is 10.5. The van der Waals surface area contributed by atoms with E-state index in [0.29, 0.717) is 107 Å². The second kappa shape index (κ2) is 32.6. The Morgan fingerprint density at radius 1 is 0.789 bits per heavy atom. The molecule has 76 heavy (non-hydrogen) atoms. The molecule has 3 N–H and O–H groups in total. The number of rotatable bonds is 32. The van der Waals surface area contributed by atoms with Crippen LogP contribution in [0.4, 0.5) is 11.4 Å². The van der Waals surface area contributed by atoms with E-state index in [9.17, 15) is 19.6 Å². The lowest BCUT2D eigenvalue weighted by Crippen LogP contribution is -2.43. The number of ether oxygens (including phenoxy) is 6. The first-order valence-electron chi connectivity index (χ1n) is 26.0. The Balaban J connectivity index is 0.731. The Labute approximate surface area is 460 Å². The highest BCUT2D eigenvalue weighted by atomic mass is 79.9. The van der Waals surface area contributed by atoms with Crippen LogP contribution in [0.25, 0.3) is 17.2 Å². The Bertz CT molecular complexity index is 2670. The number of nitriles is 1. The number of nitrogens with one attached hydrogen (secondary N) is 3. The lowest BCUT2D eigenvalue weighted by Gasteiger charge is -2.39. The molecule has 1 aliphatic rings. The van der Waals surface area contributed by atoms with Gasteiger partial charge in [0.15, 0.2) is 0 Å². The Hall–Kier alpha value is -6.00. The van der Waals surface area contributed by atoms with Gasteiger partial charge in [-0.3, -0.25) is 14.4 Å². The van der Waals surface area contributed by atoms with Gasteiger partial charge >= 0.3 is 0 Å². The van der Waals surface area contributed by atoms with Gasteiger partial charge in [0, 0.05) is 48.1 Å². The number of aryl methyl sites for hydroxylation is 1. The Morgan fingerprint density at radius 2 is 1.39 bits per heavy atom. The number of carbonyl (C=O) groups is 3. The summed E-state index contributed by atoms with van der Waals surface area (Å²) in [6, 6.07) is 36.7. The second-order valence-electron chi connectivity index (χ2n) is 18.2. The highest BCUT2D eigenvalue weighted by Crippen LogP contribution is 2.41. The summed E-state index contributed by atoms with van der Waals surface area (Å²) >= 11 is 9.45. The van der Waals surface area contributed by atoms with Crippen LogP contribution in [-0.2, 0) is 44.4 Å². The third kappa shape index (κ3) is 19.5. The highest BCUT2D eigenvalue weighted by molar-refractivity contribution is 9.10. The maximum Gasteiger partial charge on any atom is 0.262 e. The molecule has 0 fully saturated rings. The van der Waals surface area contributed by atoms with Crippen LogP contribution in [-0.4, -0.2) is 115 Å². The summed E-state index contributed by atoms with van der Waals surface area (Å²) < 4.78 is 34.4. The van der Waals surface area contributed by atoms with E-state index >= 15 is 0 Å². The zero-order valence-corrected chi connectivity index (χ0v) is 46.0. The topological polar surface area (TPSA) is 183 Å². The first-order chi connectivity index (χ1) is 37.0. The summed E-state index contributed by atoms with van der Waals surface area (Å²) in [6.07, 6.45) is 5.59. The van der Waals surface area contributed by atoms with E-state index in [1.165, 1.54) is 11.6 Å². The molecule has 4 aromatic carbocycles. The average molecular weight is 1120 g/mol. The van der Waals surface area contributed by atoms with Gasteiger partial charge in [-0.1, -0.05) is 73.5 Å². The van der Waals surface area contributed by atoms with Crippen molar-refractivity contribution in [3.05, 3.63) is 152 Å². The molecule has 0 unspecified atom stereocenters. The van der Waals surface area contributed by atoms with Crippen LogP contribution in [0.5, 0.6) is 0 Å². The smallest absolute Gasteiger partial charge is 0.262 e. The molecule has 17 heteroatoms. The first-order valence-corrected chi connectivity index (χ1v) is 27.1. The zero-order valence-electron chi connectivity index (χ0n) is 43.7. The number of fused-ring (bicyclic) bond motifs is 1. The van der Waals surface area contributed by atoms with Crippen LogP contribution in [0, 0.1) is 11.3 Å².